The minimum Gasteiger partial charge on any atom is -0.497 e. The molecule has 0 radical (unpaired) electrons. The van der Waals surface area contributed by atoms with Crippen molar-refractivity contribution in [2.24, 2.45) is 4.99 Å². The molecular formula is C19H33IN4O2. The molecule has 1 aromatic rings. The fourth-order valence-electron chi connectivity index (χ4n) is 3.20. The largest absolute Gasteiger partial charge is 0.497 e. The predicted molar refractivity (Wildman–Crippen MR) is 118 cm³/mol. The van der Waals surface area contributed by atoms with E-state index < -0.39 is 0 Å². The molecule has 1 aromatic carbocycles. The van der Waals surface area contributed by atoms with Crippen molar-refractivity contribution in [2.45, 2.75) is 25.3 Å². The number of likely N-dealkylation sites (tertiary alicyclic amines) is 1. The monoisotopic (exact) mass is 476 g/mol. The van der Waals surface area contributed by atoms with Crippen LogP contribution in [0.25, 0.3) is 0 Å². The Morgan fingerprint density at radius 3 is 2.65 bits per heavy atom. The van der Waals surface area contributed by atoms with Crippen LogP contribution in [0.5, 0.6) is 5.75 Å². The van der Waals surface area contributed by atoms with Crippen LogP contribution in [0.3, 0.4) is 0 Å². The van der Waals surface area contributed by atoms with E-state index in [1.165, 1.54) is 18.4 Å². The van der Waals surface area contributed by atoms with Crippen LogP contribution < -0.4 is 15.4 Å². The summed E-state index contributed by atoms with van der Waals surface area (Å²) in [6.07, 6.45) is 3.50. The first kappa shape index (κ1) is 23.0. The van der Waals surface area contributed by atoms with Crippen molar-refractivity contribution in [1.29, 1.82) is 0 Å². The van der Waals surface area contributed by atoms with Crippen LogP contribution in [0.2, 0.25) is 0 Å². The van der Waals surface area contributed by atoms with E-state index in [0.29, 0.717) is 6.04 Å². The van der Waals surface area contributed by atoms with E-state index in [1.807, 2.05) is 13.1 Å². The van der Waals surface area contributed by atoms with Crippen molar-refractivity contribution in [1.82, 2.24) is 15.5 Å². The highest BCUT2D eigenvalue weighted by atomic mass is 127. The van der Waals surface area contributed by atoms with Gasteiger partial charge < -0.3 is 20.1 Å². The van der Waals surface area contributed by atoms with E-state index in [1.54, 1.807) is 14.2 Å². The maximum atomic E-state index is 5.40. The van der Waals surface area contributed by atoms with Gasteiger partial charge in [-0.2, -0.15) is 0 Å². The van der Waals surface area contributed by atoms with Crippen molar-refractivity contribution in [3.8, 4) is 5.75 Å². The normalized spacial score (nSPS) is 16.0. The van der Waals surface area contributed by atoms with E-state index in [-0.39, 0.29) is 24.0 Å². The number of halogens is 1. The number of guanidine groups is 1. The lowest BCUT2D eigenvalue weighted by molar-refractivity contribution is 0.195. The van der Waals surface area contributed by atoms with Crippen molar-refractivity contribution in [3.05, 3.63) is 29.8 Å². The van der Waals surface area contributed by atoms with E-state index in [9.17, 15) is 0 Å². The first-order valence-corrected chi connectivity index (χ1v) is 9.10. The Hall–Kier alpha value is -1.06. The van der Waals surface area contributed by atoms with Crippen LogP contribution in [0.4, 0.5) is 0 Å². The Morgan fingerprint density at radius 2 is 2.00 bits per heavy atom. The third-order valence-electron chi connectivity index (χ3n) is 4.56. The van der Waals surface area contributed by atoms with Gasteiger partial charge in [0.15, 0.2) is 5.96 Å². The van der Waals surface area contributed by atoms with Crippen molar-refractivity contribution < 1.29 is 9.47 Å². The standard InChI is InChI=1S/C19H32N4O2.HI/c1-20-19(21-10-7-13-24-2)22-15-18(23-11-4-5-12-23)16-8-6-9-17(14-16)25-3;/h6,8-9,14,18H,4-5,7,10-13,15H2,1-3H3,(H2,20,21,22);1H. The van der Waals surface area contributed by atoms with Crippen molar-refractivity contribution >= 4 is 29.9 Å². The molecular weight excluding hydrogens is 443 g/mol. The van der Waals surface area contributed by atoms with Crippen LogP contribution in [-0.4, -0.2) is 64.9 Å². The molecule has 1 aliphatic heterocycles. The average Bonchev–Trinajstić information content (AvgIpc) is 3.18. The second kappa shape index (κ2) is 13.2. The van der Waals surface area contributed by atoms with Crippen molar-refractivity contribution in [3.63, 3.8) is 0 Å². The summed E-state index contributed by atoms with van der Waals surface area (Å²) in [5.74, 6) is 1.74. The maximum absolute atomic E-state index is 5.40. The molecule has 148 valence electrons. The number of methoxy groups -OCH3 is 2. The van der Waals surface area contributed by atoms with Gasteiger partial charge in [-0.1, -0.05) is 12.1 Å². The molecule has 1 aliphatic rings. The minimum absolute atomic E-state index is 0. The van der Waals surface area contributed by atoms with Gasteiger partial charge in [-0.15, -0.1) is 24.0 Å². The molecule has 0 aromatic heterocycles. The molecule has 26 heavy (non-hydrogen) atoms. The third kappa shape index (κ3) is 7.28. The smallest absolute Gasteiger partial charge is 0.191 e. The molecule has 1 saturated heterocycles. The summed E-state index contributed by atoms with van der Waals surface area (Å²) < 4.78 is 10.5. The molecule has 2 rings (SSSR count). The molecule has 2 N–H and O–H groups in total. The SMILES string of the molecule is CN=C(NCCCOC)NCC(c1cccc(OC)c1)N1CCCC1.I. The number of ether oxygens (including phenoxy) is 2. The molecule has 0 aliphatic carbocycles. The summed E-state index contributed by atoms with van der Waals surface area (Å²) in [6.45, 7) is 4.70. The summed E-state index contributed by atoms with van der Waals surface area (Å²) in [6, 6.07) is 8.69. The van der Waals surface area contributed by atoms with Gasteiger partial charge in [0, 0.05) is 33.9 Å². The fraction of sp³-hybridized carbons (Fsp3) is 0.632. The lowest BCUT2D eigenvalue weighted by Crippen LogP contribution is -2.43. The summed E-state index contributed by atoms with van der Waals surface area (Å²) in [7, 11) is 5.25. The molecule has 6 nitrogen and oxygen atoms in total. The Bertz CT molecular complexity index is 536. The summed E-state index contributed by atoms with van der Waals surface area (Å²) in [5.41, 5.74) is 1.28. The highest BCUT2D eigenvalue weighted by molar-refractivity contribution is 14.0. The Morgan fingerprint density at radius 1 is 1.23 bits per heavy atom. The number of nitrogens with zero attached hydrogens (tertiary/aromatic N) is 2. The molecule has 1 atom stereocenters. The number of hydrogen-bond donors (Lipinski definition) is 2. The number of rotatable bonds is 9. The average molecular weight is 476 g/mol. The first-order valence-electron chi connectivity index (χ1n) is 9.10. The molecule has 1 heterocycles. The third-order valence-corrected chi connectivity index (χ3v) is 4.56. The van der Waals surface area contributed by atoms with Crippen LogP contribution in [0.15, 0.2) is 29.3 Å². The molecule has 0 spiro atoms. The maximum Gasteiger partial charge on any atom is 0.191 e. The Balaban J connectivity index is 0.00000338. The van der Waals surface area contributed by atoms with E-state index in [2.05, 4.69) is 38.7 Å². The Kier molecular flexibility index (Phi) is 11.6. The van der Waals surface area contributed by atoms with Crippen LogP contribution in [0, 0.1) is 0 Å². The number of nitrogens with one attached hydrogen (secondary N) is 2. The fourth-order valence-corrected chi connectivity index (χ4v) is 3.20. The zero-order chi connectivity index (χ0) is 17.9. The zero-order valence-corrected chi connectivity index (χ0v) is 18.5. The predicted octanol–water partition coefficient (Wildman–Crippen LogP) is 2.65. The van der Waals surface area contributed by atoms with Crippen LogP contribution in [-0.2, 0) is 4.74 Å². The Labute approximate surface area is 174 Å². The van der Waals surface area contributed by atoms with E-state index in [0.717, 1.165) is 50.9 Å². The molecule has 7 heteroatoms. The van der Waals surface area contributed by atoms with Gasteiger partial charge in [0.1, 0.15) is 5.75 Å². The molecule has 0 bridgehead atoms. The summed E-state index contributed by atoms with van der Waals surface area (Å²) >= 11 is 0. The summed E-state index contributed by atoms with van der Waals surface area (Å²) in [5, 5.41) is 6.81. The van der Waals surface area contributed by atoms with Crippen LogP contribution >= 0.6 is 24.0 Å². The second-order valence-electron chi connectivity index (χ2n) is 6.26. The lowest BCUT2D eigenvalue weighted by Gasteiger charge is -2.29. The van der Waals surface area contributed by atoms with Gasteiger partial charge in [0.25, 0.3) is 0 Å². The number of hydrogen-bond acceptors (Lipinski definition) is 4. The topological polar surface area (TPSA) is 58.1 Å². The van der Waals surface area contributed by atoms with Gasteiger partial charge >= 0.3 is 0 Å². The molecule has 0 saturated carbocycles. The van der Waals surface area contributed by atoms with Crippen LogP contribution in [0.1, 0.15) is 30.9 Å². The van der Waals surface area contributed by atoms with Crippen molar-refractivity contribution in [2.75, 3.05) is 54.1 Å². The van der Waals surface area contributed by atoms with Gasteiger partial charge in [0.05, 0.1) is 13.2 Å². The molecule has 1 fully saturated rings. The highest BCUT2D eigenvalue weighted by Crippen LogP contribution is 2.27. The first-order chi connectivity index (χ1) is 12.3. The van der Waals surface area contributed by atoms with Gasteiger partial charge in [-0.05, 0) is 50.0 Å². The lowest BCUT2D eigenvalue weighted by atomic mass is 10.1. The molecule has 0 amide bonds. The van der Waals surface area contributed by atoms with Gasteiger partial charge in [-0.25, -0.2) is 0 Å². The van der Waals surface area contributed by atoms with E-state index >= 15 is 0 Å². The number of aliphatic imine (C=N–C) groups is 1. The number of benzene rings is 1. The van der Waals surface area contributed by atoms with Gasteiger partial charge in [0.2, 0.25) is 0 Å². The van der Waals surface area contributed by atoms with E-state index in [4.69, 9.17) is 9.47 Å². The highest BCUT2D eigenvalue weighted by Gasteiger charge is 2.24. The minimum atomic E-state index is 0. The zero-order valence-electron chi connectivity index (χ0n) is 16.2. The second-order valence-corrected chi connectivity index (χ2v) is 6.26. The van der Waals surface area contributed by atoms with Gasteiger partial charge in [-0.3, -0.25) is 9.89 Å². The summed E-state index contributed by atoms with van der Waals surface area (Å²) in [4.78, 5) is 6.86. The quantitative estimate of drug-likeness (QED) is 0.249. The molecule has 1 unspecified atom stereocenters.